The van der Waals surface area contributed by atoms with Crippen LogP contribution in [0.5, 0.6) is 0 Å². The molecule has 0 unspecified atom stereocenters. The van der Waals surface area contributed by atoms with Gasteiger partial charge in [-0.15, -0.1) is 0 Å². The van der Waals surface area contributed by atoms with Crippen molar-refractivity contribution >= 4 is 5.82 Å². The van der Waals surface area contributed by atoms with Gasteiger partial charge in [0.15, 0.2) is 5.82 Å². The lowest BCUT2D eigenvalue weighted by atomic mass is 10.1. The molecule has 1 saturated heterocycles. The molecule has 116 valence electrons. The summed E-state index contributed by atoms with van der Waals surface area (Å²) in [5.74, 6) is 1.16. The van der Waals surface area contributed by atoms with Crippen LogP contribution in [-0.2, 0) is 0 Å². The van der Waals surface area contributed by atoms with Crippen LogP contribution < -0.4 is 10.6 Å². The van der Waals surface area contributed by atoms with Crippen molar-refractivity contribution in [3.05, 3.63) is 41.3 Å². The summed E-state index contributed by atoms with van der Waals surface area (Å²) in [6, 6.07) is 6.84. The van der Waals surface area contributed by atoms with E-state index in [2.05, 4.69) is 20.6 Å². The van der Waals surface area contributed by atoms with Crippen molar-refractivity contribution in [2.45, 2.75) is 32.7 Å². The predicted octanol–water partition coefficient (Wildman–Crippen LogP) is 3.06. The van der Waals surface area contributed by atoms with Crippen molar-refractivity contribution in [3.63, 3.8) is 0 Å². The second kappa shape index (κ2) is 6.40. The van der Waals surface area contributed by atoms with Gasteiger partial charge in [-0.2, -0.15) is 0 Å². The van der Waals surface area contributed by atoms with Gasteiger partial charge in [0.2, 0.25) is 0 Å². The minimum Gasteiger partial charge on any atom is -0.367 e. The summed E-state index contributed by atoms with van der Waals surface area (Å²) in [5, 5.41) is 6.89. The molecule has 0 amide bonds. The van der Waals surface area contributed by atoms with Gasteiger partial charge >= 0.3 is 0 Å². The van der Waals surface area contributed by atoms with Crippen LogP contribution in [0.1, 0.15) is 24.1 Å². The van der Waals surface area contributed by atoms with E-state index in [0.717, 1.165) is 43.0 Å². The largest absolute Gasteiger partial charge is 0.367 e. The number of halogens is 1. The van der Waals surface area contributed by atoms with Crippen molar-refractivity contribution in [3.8, 4) is 11.4 Å². The molecular formula is C17H21FN4. The predicted molar refractivity (Wildman–Crippen MR) is 86.4 cm³/mol. The van der Waals surface area contributed by atoms with Crippen LogP contribution in [0.25, 0.3) is 11.4 Å². The molecule has 0 saturated carbocycles. The third-order valence-corrected chi connectivity index (χ3v) is 4.15. The molecular weight excluding hydrogens is 279 g/mol. The zero-order chi connectivity index (χ0) is 15.5. The Hall–Kier alpha value is -2.01. The summed E-state index contributed by atoms with van der Waals surface area (Å²) in [4.78, 5) is 9.14. The number of piperidine rings is 1. The van der Waals surface area contributed by atoms with Crippen molar-refractivity contribution in [2.24, 2.45) is 0 Å². The van der Waals surface area contributed by atoms with Gasteiger partial charge in [0, 0.05) is 22.9 Å². The molecule has 1 aliphatic rings. The Morgan fingerprint density at radius 3 is 2.68 bits per heavy atom. The lowest BCUT2D eigenvalue weighted by molar-refractivity contribution is 0.478. The Kier molecular flexibility index (Phi) is 4.34. The van der Waals surface area contributed by atoms with Gasteiger partial charge in [-0.25, -0.2) is 14.4 Å². The summed E-state index contributed by atoms with van der Waals surface area (Å²) >= 11 is 0. The molecule has 2 heterocycles. The molecule has 1 fully saturated rings. The monoisotopic (exact) mass is 300 g/mol. The van der Waals surface area contributed by atoms with Gasteiger partial charge in [0.25, 0.3) is 0 Å². The minimum absolute atomic E-state index is 0.271. The number of nitrogens with zero attached hydrogens (tertiary/aromatic N) is 2. The molecule has 3 rings (SSSR count). The zero-order valence-corrected chi connectivity index (χ0v) is 13.0. The lowest BCUT2D eigenvalue weighted by Crippen LogP contribution is -2.35. The molecule has 5 heteroatoms. The molecule has 0 aliphatic carbocycles. The summed E-state index contributed by atoms with van der Waals surface area (Å²) in [5.41, 5.74) is 2.68. The van der Waals surface area contributed by atoms with Crippen LogP contribution in [0.15, 0.2) is 24.3 Å². The van der Waals surface area contributed by atoms with E-state index >= 15 is 0 Å². The fourth-order valence-corrected chi connectivity index (χ4v) is 2.69. The number of aromatic nitrogens is 2. The van der Waals surface area contributed by atoms with Crippen molar-refractivity contribution in [2.75, 3.05) is 18.4 Å². The molecule has 2 aromatic rings. The van der Waals surface area contributed by atoms with Crippen molar-refractivity contribution < 1.29 is 4.39 Å². The van der Waals surface area contributed by atoms with E-state index < -0.39 is 0 Å². The maximum atomic E-state index is 13.4. The normalized spacial score (nSPS) is 15.8. The van der Waals surface area contributed by atoms with E-state index in [-0.39, 0.29) is 5.82 Å². The van der Waals surface area contributed by atoms with Crippen LogP contribution in [0.4, 0.5) is 10.2 Å². The van der Waals surface area contributed by atoms with E-state index in [1.807, 2.05) is 19.9 Å². The number of hydrogen-bond acceptors (Lipinski definition) is 4. The summed E-state index contributed by atoms with van der Waals surface area (Å²) in [6.07, 6.45) is 2.16. The first-order valence-corrected chi connectivity index (χ1v) is 7.72. The van der Waals surface area contributed by atoms with Gasteiger partial charge in [0.1, 0.15) is 11.6 Å². The van der Waals surface area contributed by atoms with Gasteiger partial charge in [-0.1, -0.05) is 12.1 Å². The number of aryl methyl sites for hydroxylation is 1. The minimum atomic E-state index is -0.271. The molecule has 0 radical (unpaired) electrons. The van der Waals surface area contributed by atoms with Crippen LogP contribution >= 0.6 is 0 Å². The maximum Gasteiger partial charge on any atom is 0.161 e. The molecule has 1 aliphatic heterocycles. The fraction of sp³-hybridized carbons (Fsp3) is 0.412. The van der Waals surface area contributed by atoms with E-state index in [1.54, 1.807) is 6.07 Å². The first-order valence-electron chi connectivity index (χ1n) is 7.72. The SMILES string of the molecule is Cc1nc(-c2cccc(F)c2)nc(NC2CCNCC2)c1C. The first kappa shape index (κ1) is 14.9. The van der Waals surface area contributed by atoms with Gasteiger partial charge in [-0.3, -0.25) is 0 Å². The van der Waals surface area contributed by atoms with E-state index in [9.17, 15) is 4.39 Å². The second-order valence-electron chi connectivity index (χ2n) is 5.79. The number of hydrogen-bond donors (Lipinski definition) is 2. The fourth-order valence-electron chi connectivity index (χ4n) is 2.69. The molecule has 22 heavy (non-hydrogen) atoms. The van der Waals surface area contributed by atoms with Crippen molar-refractivity contribution in [1.29, 1.82) is 0 Å². The highest BCUT2D eigenvalue weighted by Crippen LogP contribution is 2.23. The Morgan fingerprint density at radius 2 is 1.95 bits per heavy atom. The summed E-state index contributed by atoms with van der Waals surface area (Å²) in [6.45, 7) is 6.04. The molecule has 4 nitrogen and oxygen atoms in total. The molecule has 0 spiro atoms. The standard InChI is InChI=1S/C17H21FN4/c1-11-12(2)20-17(13-4-3-5-14(18)10-13)22-16(11)21-15-6-8-19-9-7-15/h3-5,10,15,19H,6-9H2,1-2H3,(H,20,21,22). The number of anilines is 1. The Balaban J connectivity index is 1.92. The highest BCUT2D eigenvalue weighted by molar-refractivity contribution is 5.59. The smallest absolute Gasteiger partial charge is 0.161 e. The summed E-state index contributed by atoms with van der Waals surface area (Å²) in [7, 11) is 0. The maximum absolute atomic E-state index is 13.4. The van der Waals surface area contributed by atoms with Gasteiger partial charge in [0.05, 0.1) is 0 Å². The van der Waals surface area contributed by atoms with E-state index in [4.69, 9.17) is 0 Å². The zero-order valence-electron chi connectivity index (χ0n) is 13.0. The van der Waals surface area contributed by atoms with Crippen LogP contribution in [-0.4, -0.2) is 29.1 Å². The molecule has 1 aromatic carbocycles. The van der Waals surface area contributed by atoms with E-state index in [1.165, 1.54) is 12.1 Å². The average molecular weight is 300 g/mol. The first-order chi connectivity index (χ1) is 10.6. The second-order valence-corrected chi connectivity index (χ2v) is 5.79. The third kappa shape index (κ3) is 3.25. The molecule has 2 N–H and O–H groups in total. The average Bonchev–Trinajstić information content (AvgIpc) is 2.52. The number of nitrogens with one attached hydrogen (secondary N) is 2. The Morgan fingerprint density at radius 1 is 1.18 bits per heavy atom. The lowest BCUT2D eigenvalue weighted by Gasteiger charge is -2.25. The highest BCUT2D eigenvalue weighted by atomic mass is 19.1. The number of benzene rings is 1. The Labute approximate surface area is 130 Å². The number of rotatable bonds is 3. The molecule has 0 atom stereocenters. The van der Waals surface area contributed by atoms with Gasteiger partial charge in [-0.05, 0) is 51.9 Å². The molecule has 0 bridgehead atoms. The van der Waals surface area contributed by atoms with Crippen LogP contribution in [0, 0.1) is 19.7 Å². The van der Waals surface area contributed by atoms with Gasteiger partial charge < -0.3 is 10.6 Å². The van der Waals surface area contributed by atoms with E-state index in [0.29, 0.717) is 17.4 Å². The third-order valence-electron chi connectivity index (χ3n) is 4.15. The topological polar surface area (TPSA) is 49.8 Å². The highest BCUT2D eigenvalue weighted by Gasteiger charge is 2.16. The van der Waals surface area contributed by atoms with Crippen molar-refractivity contribution in [1.82, 2.24) is 15.3 Å². The quantitative estimate of drug-likeness (QED) is 0.914. The molecule has 1 aromatic heterocycles. The van der Waals surface area contributed by atoms with Crippen LogP contribution in [0.3, 0.4) is 0 Å². The van der Waals surface area contributed by atoms with Crippen LogP contribution in [0.2, 0.25) is 0 Å². The summed E-state index contributed by atoms with van der Waals surface area (Å²) < 4.78 is 13.4. The Bertz CT molecular complexity index is 666.